The van der Waals surface area contributed by atoms with Gasteiger partial charge in [-0.05, 0) is 19.1 Å². The van der Waals surface area contributed by atoms with Crippen molar-refractivity contribution >= 4 is 47.0 Å². The van der Waals surface area contributed by atoms with Gasteiger partial charge in [0.25, 0.3) is 0 Å². The molecule has 0 saturated carbocycles. The lowest BCUT2D eigenvalue weighted by Gasteiger charge is -2.25. The summed E-state index contributed by atoms with van der Waals surface area (Å²) in [5, 5.41) is 3.46. The number of nitrogens with one attached hydrogen (secondary N) is 1. The van der Waals surface area contributed by atoms with E-state index in [1.54, 1.807) is 35.7 Å². The molecule has 1 heterocycles. The predicted molar refractivity (Wildman–Crippen MR) is 88.4 cm³/mol. The second-order valence-electron chi connectivity index (χ2n) is 4.55. The molecule has 0 radical (unpaired) electrons. The molecule has 2 amide bonds. The van der Waals surface area contributed by atoms with Gasteiger partial charge in [-0.2, -0.15) is 0 Å². The second-order valence-corrected chi connectivity index (χ2v) is 6.58. The van der Waals surface area contributed by atoms with Crippen LogP contribution in [0.25, 0.3) is 0 Å². The van der Waals surface area contributed by atoms with Crippen LogP contribution in [-0.2, 0) is 9.53 Å². The number of benzene rings is 1. The monoisotopic (exact) mass is 362 g/mol. The second kappa shape index (κ2) is 7.94. The van der Waals surface area contributed by atoms with Crippen LogP contribution in [0.5, 0.6) is 0 Å². The number of urea groups is 1. The summed E-state index contributed by atoms with van der Waals surface area (Å²) in [6, 6.07) is 4.91. The highest BCUT2D eigenvalue weighted by molar-refractivity contribution is 7.99. The number of nitrogens with zero attached hydrogens (tertiary/aromatic N) is 1. The van der Waals surface area contributed by atoms with Gasteiger partial charge < -0.3 is 15.0 Å². The fraction of sp³-hybridized carbons (Fsp3) is 0.429. The lowest BCUT2D eigenvalue weighted by Crippen LogP contribution is -2.42. The van der Waals surface area contributed by atoms with Gasteiger partial charge in [0, 0.05) is 27.9 Å². The first-order valence-electron chi connectivity index (χ1n) is 6.79. The van der Waals surface area contributed by atoms with Crippen LogP contribution >= 0.6 is 35.0 Å². The Morgan fingerprint density at radius 1 is 1.45 bits per heavy atom. The first-order chi connectivity index (χ1) is 10.5. The smallest absolute Gasteiger partial charge is 0.325 e. The van der Waals surface area contributed by atoms with Crippen LogP contribution in [0.2, 0.25) is 10.0 Å². The van der Waals surface area contributed by atoms with Crippen LogP contribution in [-0.4, -0.2) is 42.3 Å². The van der Waals surface area contributed by atoms with Crippen LogP contribution in [0.1, 0.15) is 17.9 Å². The molecule has 8 heteroatoms. The molecule has 0 aromatic heterocycles. The van der Waals surface area contributed by atoms with Gasteiger partial charge in [-0.3, -0.25) is 4.79 Å². The largest absolute Gasteiger partial charge is 0.465 e. The molecule has 0 aliphatic carbocycles. The lowest BCUT2D eigenvalue weighted by molar-refractivity contribution is -0.141. The molecule has 0 bridgehead atoms. The van der Waals surface area contributed by atoms with Gasteiger partial charge in [-0.25, -0.2) is 4.79 Å². The minimum absolute atomic E-state index is 0.144. The van der Waals surface area contributed by atoms with Crippen LogP contribution in [0.3, 0.4) is 0 Å². The van der Waals surface area contributed by atoms with Crippen molar-refractivity contribution in [2.24, 2.45) is 0 Å². The zero-order valence-electron chi connectivity index (χ0n) is 12.0. The Kier molecular flexibility index (Phi) is 6.23. The highest BCUT2D eigenvalue weighted by Crippen LogP contribution is 2.41. The standard InChI is InChI=1S/C14H16Cl2N2O3S/c1-2-21-12(19)8-17-14(20)18-5-6-22-13(18)10-4-3-9(15)7-11(10)16/h3-4,7,13H,2,5-6,8H2,1H3,(H,17,20)/t13-/m0/s1. The molecule has 0 unspecified atom stereocenters. The van der Waals surface area contributed by atoms with Gasteiger partial charge in [0.05, 0.1) is 6.61 Å². The van der Waals surface area contributed by atoms with E-state index in [4.69, 9.17) is 27.9 Å². The third-order valence-corrected chi connectivity index (χ3v) is 4.87. The molecule has 2 rings (SSSR count). The molecule has 1 aromatic rings. The summed E-state index contributed by atoms with van der Waals surface area (Å²) in [5.74, 6) is 0.347. The van der Waals surface area contributed by atoms with Crippen LogP contribution in [0.15, 0.2) is 18.2 Å². The molecule has 120 valence electrons. The summed E-state index contributed by atoms with van der Waals surface area (Å²) in [5.41, 5.74) is 0.833. The Balaban J connectivity index is 2.03. The van der Waals surface area contributed by atoms with Crippen molar-refractivity contribution < 1.29 is 14.3 Å². The van der Waals surface area contributed by atoms with Crippen LogP contribution in [0, 0.1) is 0 Å². The number of ether oxygens (including phenoxy) is 1. The van der Waals surface area contributed by atoms with E-state index in [0.29, 0.717) is 16.6 Å². The van der Waals surface area contributed by atoms with E-state index in [2.05, 4.69) is 5.32 Å². The average molecular weight is 363 g/mol. The van der Waals surface area contributed by atoms with E-state index in [-0.39, 0.29) is 24.6 Å². The molecule has 0 spiro atoms. The van der Waals surface area contributed by atoms with E-state index >= 15 is 0 Å². The number of halogens is 2. The first-order valence-corrected chi connectivity index (χ1v) is 8.60. The third-order valence-electron chi connectivity index (χ3n) is 3.07. The topological polar surface area (TPSA) is 58.6 Å². The average Bonchev–Trinajstić information content (AvgIpc) is 2.94. The highest BCUT2D eigenvalue weighted by Gasteiger charge is 2.32. The van der Waals surface area contributed by atoms with Gasteiger partial charge in [-0.1, -0.05) is 29.3 Å². The molecular weight excluding hydrogens is 347 g/mol. The van der Waals surface area contributed by atoms with Crippen molar-refractivity contribution in [3.8, 4) is 0 Å². The van der Waals surface area contributed by atoms with Crippen molar-refractivity contribution in [3.05, 3.63) is 33.8 Å². The molecule has 5 nitrogen and oxygen atoms in total. The Morgan fingerprint density at radius 2 is 2.23 bits per heavy atom. The highest BCUT2D eigenvalue weighted by atomic mass is 35.5. The first kappa shape index (κ1) is 17.2. The number of hydrogen-bond donors (Lipinski definition) is 1. The molecule has 1 aromatic carbocycles. The van der Waals surface area contributed by atoms with Crippen LogP contribution in [0.4, 0.5) is 4.79 Å². The summed E-state index contributed by atoms with van der Waals surface area (Å²) in [7, 11) is 0. The minimum atomic E-state index is -0.455. The lowest BCUT2D eigenvalue weighted by atomic mass is 10.2. The number of amides is 2. The van der Waals surface area contributed by atoms with Crippen molar-refractivity contribution in [1.29, 1.82) is 0 Å². The molecule has 1 aliphatic heterocycles. The molecule has 22 heavy (non-hydrogen) atoms. The van der Waals surface area contributed by atoms with Crippen molar-refractivity contribution in [2.45, 2.75) is 12.3 Å². The van der Waals surface area contributed by atoms with Crippen molar-refractivity contribution in [3.63, 3.8) is 0 Å². The number of thioether (sulfide) groups is 1. The number of hydrogen-bond acceptors (Lipinski definition) is 4. The maximum Gasteiger partial charge on any atom is 0.325 e. The third kappa shape index (κ3) is 4.21. The fourth-order valence-corrected chi connectivity index (χ4v) is 3.97. The molecule has 1 saturated heterocycles. The maximum absolute atomic E-state index is 12.2. The van der Waals surface area contributed by atoms with Gasteiger partial charge in [-0.15, -0.1) is 11.8 Å². The summed E-state index contributed by atoms with van der Waals surface area (Å²) in [6.07, 6.45) is 0. The van der Waals surface area contributed by atoms with Crippen LogP contribution < -0.4 is 5.32 Å². The zero-order valence-corrected chi connectivity index (χ0v) is 14.3. The molecule has 1 aliphatic rings. The Bertz CT molecular complexity index is 571. The van der Waals surface area contributed by atoms with E-state index in [1.165, 1.54) is 0 Å². The normalized spacial score (nSPS) is 17.4. The molecule has 1 N–H and O–H groups in total. The Labute approximate surface area is 143 Å². The molecule has 1 fully saturated rings. The van der Waals surface area contributed by atoms with E-state index in [1.807, 2.05) is 6.07 Å². The van der Waals surface area contributed by atoms with Crippen molar-refractivity contribution in [2.75, 3.05) is 25.4 Å². The number of carbonyl (C=O) groups is 2. The quantitative estimate of drug-likeness (QED) is 0.834. The van der Waals surface area contributed by atoms with E-state index in [9.17, 15) is 9.59 Å². The predicted octanol–water partition coefficient (Wildman–Crippen LogP) is 3.31. The summed E-state index contributed by atoms with van der Waals surface area (Å²) in [6.45, 7) is 2.45. The maximum atomic E-state index is 12.2. The van der Waals surface area contributed by atoms with E-state index in [0.717, 1.165) is 11.3 Å². The van der Waals surface area contributed by atoms with E-state index < -0.39 is 5.97 Å². The van der Waals surface area contributed by atoms with Gasteiger partial charge >= 0.3 is 12.0 Å². The minimum Gasteiger partial charge on any atom is -0.465 e. The molecular formula is C14H16Cl2N2O3S. The zero-order chi connectivity index (χ0) is 16.1. The fourth-order valence-electron chi connectivity index (χ4n) is 2.10. The SMILES string of the molecule is CCOC(=O)CNC(=O)N1CCS[C@H]1c1ccc(Cl)cc1Cl. The van der Waals surface area contributed by atoms with Gasteiger partial charge in [0.2, 0.25) is 0 Å². The summed E-state index contributed by atoms with van der Waals surface area (Å²) >= 11 is 13.7. The molecule has 1 atom stereocenters. The van der Waals surface area contributed by atoms with Crippen molar-refractivity contribution in [1.82, 2.24) is 10.2 Å². The summed E-state index contributed by atoms with van der Waals surface area (Å²) in [4.78, 5) is 25.2. The number of esters is 1. The van der Waals surface area contributed by atoms with Gasteiger partial charge in [0.15, 0.2) is 0 Å². The Hall–Kier alpha value is -1.11. The van der Waals surface area contributed by atoms with Gasteiger partial charge in [0.1, 0.15) is 11.9 Å². The number of rotatable bonds is 4. The Morgan fingerprint density at radius 3 is 2.91 bits per heavy atom. The summed E-state index contributed by atoms with van der Waals surface area (Å²) < 4.78 is 4.79. The number of carbonyl (C=O) groups excluding carboxylic acids is 2.